The van der Waals surface area contributed by atoms with Crippen molar-refractivity contribution in [2.75, 3.05) is 4.90 Å². The Balaban J connectivity index is 1.18. The quantitative estimate of drug-likeness (QED) is 0.154. The summed E-state index contributed by atoms with van der Waals surface area (Å²) >= 11 is 0. The molecule has 0 saturated heterocycles. The molecule has 0 saturated carbocycles. The van der Waals surface area contributed by atoms with E-state index in [0.717, 1.165) is 55.2 Å². The van der Waals surface area contributed by atoms with E-state index in [2.05, 4.69) is 24.3 Å². The second-order valence-electron chi connectivity index (χ2n) is 14.9. The van der Waals surface area contributed by atoms with Gasteiger partial charge in [-0.1, -0.05) is 97.1 Å². The van der Waals surface area contributed by atoms with Crippen molar-refractivity contribution in [2.45, 2.75) is 0 Å². The molecule has 0 bridgehead atoms. The van der Waals surface area contributed by atoms with Crippen LogP contribution in [0.3, 0.4) is 0 Å². The molecule has 8 nitrogen and oxygen atoms in total. The zero-order valence-corrected chi connectivity index (χ0v) is 32.7. The zero-order valence-electron chi connectivity index (χ0n) is 32.7. The lowest BCUT2D eigenvalue weighted by Crippen LogP contribution is -2.30. The summed E-state index contributed by atoms with van der Waals surface area (Å²) in [5.74, 6) is -0.891. The van der Waals surface area contributed by atoms with Gasteiger partial charge in [0.05, 0.1) is 80.1 Å². The van der Waals surface area contributed by atoms with Gasteiger partial charge in [0.2, 0.25) is 0 Å². The van der Waals surface area contributed by atoms with Gasteiger partial charge in [-0.15, -0.1) is 0 Å². The Hall–Kier alpha value is -9.34. The SMILES string of the molecule is N#Cc1ccc(-c2ccc3c(c2)c2cc(-c4ccc(C#N)cc4C#N)ccc2n3-c2cccc3c2C(=O)N(c2ccc(-c4ccccc4)cc2-c2ccccc2)C3=O)c(C#N)c1. The number of rotatable bonds is 6. The summed E-state index contributed by atoms with van der Waals surface area (Å²) in [5.41, 5.74) is 10.7. The van der Waals surface area contributed by atoms with Gasteiger partial charge in [0.1, 0.15) is 0 Å². The van der Waals surface area contributed by atoms with E-state index in [4.69, 9.17) is 0 Å². The topological polar surface area (TPSA) is 137 Å². The van der Waals surface area contributed by atoms with Gasteiger partial charge in [0, 0.05) is 16.3 Å². The minimum absolute atomic E-state index is 0.258. The Morgan fingerprint density at radius 3 is 1.47 bits per heavy atom. The number of hydrogen-bond donors (Lipinski definition) is 0. The number of amides is 2. The summed E-state index contributed by atoms with van der Waals surface area (Å²) in [6.07, 6.45) is 0. The third-order valence-electron chi connectivity index (χ3n) is 11.5. The van der Waals surface area contributed by atoms with Crippen molar-refractivity contribution in [3.8, 4) is 74.5 Å². The average molecular weight is 793 g/mol. The van der Waals surface area contributed by atoms with Gasteiger partial charge in [0.25, 0.3) is 11.8 Å². The first kappa shape index (κ1) is 37.0. The number of nitriles is 4. The molecule has 0 radical (unpaired) electrons. The predicted octanol–water partition coefficient (Wildman–Crippen LogP) is 11.7. The molecule has 2 heterocycles. The molecule has 0 atom stereocenters. The highest BCUT2D eigenvalue weighted by atomic mass is 16.2. The summed E-state index contributed by atoms with van der Waals surface area (Å²) in [4.78, 5) is 30.9. The van der Waals surface area contributed by atoms with Crippen LogP contribution in [0.25, 0.3) is 72.0 Å². The van der Waals surface area contributed by atoms with E-state index in [1.807, 2.05) is 126 Å². The van der Waals surface area contributed by atoms with Crippen LogP contribution in [0, 0.1) is 45.3 Å². The Labute approximate surface area is 355 Å². The van der Waals surface area contributed by atoms with Crippen LogP contribution in [0.5, 0.6) is 0 Å². The lowest BCUT2D eigenvalue weighted by Gasteiger charge is -2.20. The van der Waals surface area contributed by atoms with E-state index in [9.17, 15) is 25.8 Å². The molecular weight excluding hydrogens is 765 g/mol. The van der Waals surface area contributed by atoms with Gasteiger partial charge in [0.15, 0.2) is 0 Å². The van der Waals surface area contributed by atoms with Crippen LogP contribution in [0.1, 0.15) is 43.0 Å². The molecule has 1 aliphatic rings. The van der Waals surface area contributed by atoms with Gasteiger partial charge in [-0.2, -0.15) is 21.0 Å². The van der Waals surface area contributed by atoms with E-state index in [1.165, 1.54) is 4.90 Å². The highest BCUT2D eigenvalue weighted by molar-refractivity contribution is 6.36. The minimum atomic E-state index is -0.457. The molecular formula is C54H28N6O2. The fraction of sp³-hybridized carbons (Fsp3) is 0. The fourth-order valence-corrected chi connectivity index (χ4v) is 8.60. The van der Waals surface area contributed by atoms with Gasteiger partial charge in [-0.05, 0) is 112 Å². The molecule has 10 rings (SSSR count). The lowest BCUT2D eigenvalue weighted by atomic mass is 9.95. The molecule has 62 heavy (non-hydrogen) atoms. The normalized spacial score (nSPS) is 11.8. The van der Waals surface area contributed by atoms with Crippen molar-refractivity contribution in [2.24, 2.45) is 0 Å². The van der Waals surface area contributed by atoms with Crippen LogP contribution in [-0.4, -0.2) is 16.4 Å². The number of aromatic nitrogens is 1. The van der Waals surface area contributed by atoms with Crippen molar-refractivity contribution in [1.29, 1.82) is 21.0 Å². The third kappa shape index (κ3) is 5.89. The number of nitrogens with zero attached hydrogens (tertiary/aromatic N) is 6. The number of carbonyl (C=O) groups is 2. The molecule has 286 valence electrons. The highest BCUT2D eigenvalue weighted by Gasteiger charge is 2.40. The second-order valence-corrected chi connectivity index (χ2v) is 14.9. The maximum absolute atomic E-state index is 15.0. The molecule has 0 fully saturated rings. The van der Waals surface area contributed by atoms with Crippen LogP contribution in [0.15, 0.2) is 170 Å². The van der Waals surface area contributed by atoms with E-state index in [-0.39, 0.29) is 11.1 Å². The van der Waals surface area contributed by atoms with E-state index in [1.54, 1.807) is 48.5 Å². The number of anilines is 1. The molecule has 8 heteroatoms. The van der Waals surface area contributed by atoms with Crippen LogP contribution >= 0.6 is 0 Å². The van der Waals surface area contributed by atoms with Crippen LogP contribution in [0.2, 0.25) is 0 Å². The number of imide groups is 1. The first-order valence-corrected chi connectivity index (χ1v) is 19.6. The molecule has 0 unspecified atom stereocenters. The largest absolute Gasteiger partial charge is 0.308 e. The summed E-state index contributed by atoms with van der Waals surface area (Å²) in [5, 5.41) is 40.8. The molecule has 0 aliphatic carbocycles. The zero-order chi connectivity index (χ0) is 42.5. The molecule has 0 N–H and O–H groups in total. The highest BCUT2D eigenvalue weighted by Crippen LogP contribution is 2.43. The third-order valence-corrected chi connectivity index (χ3v) is 11.5. The van der Waals surface area contributed by atoms with Crippen LogP contribution in [0.4, 0.5) is 5.69 Å². The molecule has 1 aromatic heterocycles. The smallest absolute Gasteiger partial charge is 0.268 e. The van der Waals surface area contributed by atoms with E-state index >= 15 is 4.79 Å². The second kappa shape index (κ2) is 14.8. The number of benzene rings is 8. The molecule has 1 aliphatic heterocycles. The van der Waals surface area contributed by atoms with E-state index < -0.39 is 11.8 Å². The molecule has 8 aromatic carbocycles. The maximum Gasteiger partial charge on any atom is 0.268 e. The van der Waals surface area contributed by atoms with Crippen molar-refractivity contribution < 1.29 is 9.59 Å². The maximum atomic E-state index is 15.0. The van der Waals surface area contributed by atoms with E-state index in [0.29, 0.717) is 44.8 Å². The first-order chi connectivity index (χ1) is 30.4. The van der Waals surface area contributed by atoms with Crippen LogP contribution < -0.4 is 4.90 Å². The molecule has 0 spiro atoms. The van der Waals surface area contributed by atoms with Crippen molar-refractivity contribution in [3.63, 3.8) is 0 Å². The Bertz CT molecular complexity index is 3430. The Morgan fingerprint density at radius 1 is 0.371 bits per heavy atom. The van der Waals surface area contributed by atoms with Crippen molar-refractivity contribution in [1.82, 2.24) is 4.57 Å². The van der Waals surface area contributed by atoms with Gasteiger partial charge >= 0.3 is 0 Å². The lowest BCUT2D eigenvalue weighted by molar-refractivity contribution is 0.0926. The monoisotopic (exact) mass is 792 g/mol. The fourth-order valence-electron chi connectivity index (χ4n) is 8.60. The summed E-state index contributed by atoms with van der Waals surface area (Å²) < 4.78 is 1.98. The van der Waals surface area contributed by atoms with Crippen molar-refractivity contribution in [3.05, 3.63) is 203 Å². The first-order valence-electron chi connectivity index (χ1n) is 19.6. The van der Waals surface area contributed by atoms with Gasteiger partial charge in [-0.25, -0.2) is 4.90 Å². The predicted molar refractivity (Wildman–Crippen MR) is 239 cm³/mol. The molecule has 9 aromatic rings. The minimum Gasteiger partial charge on any atom is -0.308 e. The number of carbonyl (C=O) groups excluding carboxylic acids is 2. The summed E-state index contributed by atoms with van der Waals surface area (Å²) in [6, 6.07) is 61.1. The average Bonchev–Trinajstić information content (AvgIpc) is 3.80. The molecule has 2 amide bonds. The Morgan fingerprint density at radius 2 is 0.919 bits per heavy atom. The summed E-state index contributed by atoms with van der Waals surface area (Å²) in [7, 11) is 0. The number of hydrogen-bond acceptors (Lipinski definition) is 6. The standard InChI is InChI=1S/C54H28N6O2/c55-29-33-14-19-42(40(24-33)31-57)38-17-22-49-46(27-38)47-28-39(43-20-15-34(30-56)25-41(43)32-58)18-23-50(47)59(49)51-13-7-12-44-52(51)54(62)60(53(44)61)48-21-16-37(35-8-3-1-4-9-35)26-45(48)36-10-5-2-6-11-36/h1-28H. The van der Waals surface area contributed by atoms with Crippen molar-refractivity contribution >= 4 is 39.3 Å². The number of fused-ring (bicyclic) bond motifs is 4. The Kier molecular flexibility index (Phi) is 8.82. The summed E-state index contributed by atoms with van der Waals surface area (Å²) in [6.45, 7) is 0. The van der Waals surface area contributed by atoms with Gasteiger partial charge < -0.3 is 4.57 Å². The van der Waals surface area contributed by atoms with Gasteiger partial charge in [-0.3, -0.25) is 9.59 Å². The van der Waals surface area contributed by atoms with Crippen LogP contribution in [-0.2, 0) is 0 Å².